The van der Waals surface area contributed by atoms with Crippen LogP contribution in [0.25, 0.3) is 0 Å². The predicted molar refractivity (Wildman–Crippen MR) is 62.3 cm³/mol. The number of benzene rings is 1. The second-order valence-electron chi connectivity index (χ2n) is 3.79. The van der Waals surface area contributed by atoms with Crippen molar-refractivity contribution in [1.29, 1.82) is 0 Å². The van der Waals surface area contributed by atoms with E-state index in [1.807, 2.05) is 6.92 Å². The van der Waals surface area contributed by atoms with E-state index in [1.165, 1.54) is 5.56 Å². The Labute approximate surface area is 91.9 Å². The summed E-state index contributed by atoms with van der Waals surface area (Å²) in [6, 6.07) is 2.15. The number of rotatable bonds is 4. The van der Waals surface area contributed by atoms with Crippen LogP contribution < -0.4 is 0 Å². The van der Waals surface area contributed by atoms with Gasteiger partial charge in [-0.3, -0.25) is 0 Å². The van der Waals surface area contributed by atoms with E-state index >= 15 is 0 Å². The van der Waals surface area contributed by atoms with E-state index in [1.54, 1.807) is 7.11 Å². The first-order valence-corrected chi connectivity index (χ1v) is 5.47. The van der Waals surface area contributed by atoms with Crippen molar-refractivity contribution < 1.29 is 9.84 Å². The molecule has 2 nitrogen and oxygen atoms in total. The zero-order chi connectivity index (χ0) is 11.4. The Hall–Kier alpha value is -1.02. The zero-order valence-corrected chi connectivity index (χ0v) is 10.1. The van der Waals surface area contributed by atoms with Crippen LogP contribution in [0, 0.1) is 6.92 Å². The molecule has 1 rings (SSSR count). The quantitative estimate of drug-likeness (QED) is 0.824. The van der Waals surface area contributed by atoms with Crippen LogP contribution in [0.15, 0.2) is 6.07 Å². The Bertz CT molecular complexity index is 343. The molecule has 1 aromatic rings. The summed E-state index contributed by atoms with van der Waals surface area (Å²) >= 11 is 0. The molecule has 0 aromatic heterocycles. The van der Waals surface area contributed by atoms with Gasteiger partial charge in [0.1, 0.15) is 5.75 Å². The van der Waals surface area contributed by atoms with Gasteiger partial charge in [-0.1, -0.05) is 19.9 Å². The van der Waals surface area contributed by atoms with Gasteiger partial charge in [0.25, 0.3) is 0 Å². The van der Waals surface area contributed by atoms with Crippen LogP contribution >= 0.6 is 0 Å². The summed E-state index contributed by atoms with van der Waals surface area (Å²) in [5.74, 6) is 0.448. The van der Waals surface area contributed by atoms with Gasteiger partial charge in [0.2, 0.25) is 0 Å². The molecule has 0 saturated heterocycles. The van der Waals surface area contributed by atoms with Crippen molar-refractivity contribution in [1.82, 2.24) is 0 Å². The largest absolute Gasteiger partial charge is 0.507 e. The van der Waals surface area contributed by atoms with Gasteiger partial charge in [-0.2, -0.15) is 0 Å². The van der Waals surface area contributed by atoms with Gasteiger partial charge in [0, 0.05) is 7.11 Å². The molecule has 0 amide bonds. The lowest BCUT2D eigenvalue weighted by Crippen LogP contribution is -2.00. The molecule has 0 saturated carbocycles. The van der Waals surface area contributed by atoms with Gasteiger partial charge in [-0.05, 0) is 42.0 Å². The number of phenolic OH excluding ortho intramolecular Hbond substituents is 1. The molecule has 0 radical (unpaired) electrons. The summed E-state index contributed by atoms with van der Waals surface area (Å²) in [6.07, 6.45) is 1.83. The first-order chi connectivity index (χ1) is 7.15. The Morgan fingerprint density at radius 2 is 1.87 bits per heavy atom. The Morgan fingerprint density at radius 1 is 1.20 bits per heavy atom. The van der Waals surface area contributed by atoms with E-state index in [0.29, 0.717) is 12.4 Å². The third kappa shape index (κ3) is 2.32. The fourth-order valence-corrected chi connectivity index (χ4v) is 1.95. The molecule has 1 aromatic carbocycles. The maximum Gasteiger partial charge on any atom is 0.122 e. The van der Waals surface area contributed by atoms with Crippen molar-refractivity contribution in [3.8, 4) is 5.75 Å². The van der Waals surface area contributed by atoms with Crippen LogP contribution in [0.2, 0.25) is 0 Å². The van der Waals surface area contributed by atoms with Crippen LogP contribution in [0.3, 0.4) is 0 Å². The van der Waals surface area contributed by atoms with Crippen LogP contribution in [-0.4, -0.2) is 12.2 Å². The average Bonchev–Trinajstić information content (AvgIpc) is 2.24. The molecule has 0 heterocycles. The van der Waals surface area contributed by atoms with E-state index < -0.39 is 0 Å². The first kappa shape index (κ1) is 12.1. The number of aryl methyl sites for hydroxylation is 1. The summed E-state index contributed by atoms with van der Waals surface area (Å²) in [5.41, 5.74) is 4.34. The van der Waals surface area contributed by atoms with Gasteiger partial charge in [0.15, 0.2) is 0 Å². The van der Waals surface area contributed by atoms with Crippen molar-refractivity contribution in [2.24, 2.45) is 0 Å². The molecule has 0 aliphatic rings. The van der Waals surface area contributed by atoms with Crippen molar-refractivity contribution in [2.45, 2.75) is 40.2 Å². The van der Waals surface area contributed by atoms with Crippen molar-refractivity contribution in [2.75, 3.05) is 7.11 Å². The molecule has 0 aliphatic carbocycles. The second kappa shape index (κ2) is 5.17. The summed E-state index contributed by atoms with van der Waals surface area (Å²) in [4.78, 5) is 0. The van der Waals surface area contributed by atoms with Gasteiger partial charge >= 0.3 is 0 Å². The minimum Gasteiger partial charge on any atom is -0.507 e. The number of phenols is 1. The SMILES string of the molecule is CCc1cc(COC)c(C)c(O)c1CC. The monoisotopic (exact) mass is 208 g/mol. The molecule has 15 heavy (non-hydrogen) atoms. The van der Waals surface area contributed by atoms with Crippen LogP contribution in [0.4, 0.5) is 0 Å². The fourth-order valence-electron chi connectivity index (χ4n) is 1.95. The highest BCUT2D eigenvalue weighted by atomic mass is 16.5. The van der Waals surface area contributed by atoms with E-state index in [9.17, 15) is 5.11 Å². The molecule has 0 spiro atoms. The predicted octanol–water partition coefficient (Wildman–Crippen LogP) is 2.97. The highest BCUT2D eigenvalue weighted by molar-refractivity contribution is 5.49. The molecule has 0 fully saturated rings. The molecular formula is C13H20O2. The summed E-state index contributed by atoms with van der Waals surface area (Å²) in [5, 5.41) is 10.1. The third-order valence-electron chi connectivity index (χ3n) is 2.89. The maximum absolute atomic E-state index is 10.1. The Balaban J connectivity index is 3.29. The van der Waals surface area contributed by atoms with Crippen LogP contribution in [0.1, 0.15) is 36.1 Å². The lowest BCUT2D eigenvalue weighted by atomic mass is 9.95. The first-order valence-electron chi connectivity index (χ1n) is 5.47. The summed E-state index contributed by atoms with van der Waals surface area (Å²) in [7, 11) is 1.68. The molecule has 84 valence electrons. The lowest BCUT2D eigenvalue weighted by molar-refractivity contribution is 0.184. The summed E-state index contributed by atoms with van der Waals surface area (Å²) in [6.45, 7) is 6.70. The Kier molecular flexibility index (Phi) is 4.15. The minimum atomic E-state index is 0.448. The van der Waals surface area contributed by atoms with Gasteiger partial charge in [0.05, 0.1) is 6.61 Å². The van der Waals surface area contributed by atoms with Crippen molar-refractivity contribution in [3.63, 3.8) is 0 Å². The normalized spacial score (nSPS) is 10.7. The number of hydrogen-bond donors (Lipinski definition) is 1. The topological polar surface area (TPSA) is 29.5 Å². The zero-order valence-electron chi connectivity index (χ0n) is 10.1. The third-order valence-corrected chi connectivity index (χ3v) is 2.89. The highest BCUT2D eigenvalue weighted by Crippen LogP contribution is 2.30. The van der Waals surface area contributed by atoms with Crippen LogP contribution in [-0.2, 0) is 24.2 Å². The van der Waals surface area contributed by atoms with E-state index in [4.69, 9.17) is 4.74 Å². The van der Waals surface area contributed by atoms with Crippen molar-refractivity contribution in [3.05, 3.63) is 28.3 Å². The standard InChI is InChI=1S/C13H20O2/c1-5-10-7-11(8-15-4)9(3)13(14)12(10)6-2/h7,14H,5-6,8H2,1-4H3. The molecule has 0 unspecified atom stereocenters. The van der Waals surface area contributed by atoms with E-state index in [-0.39, 0.29) is 0 Å². The van der Waals surface area contributed by atoms with Gasteiger partial charge in [-0.25, -0.2) is 0 Å². The molecule has 1 N–H and O–H groups in total. The molecule has 0 bridgehead atoms. The number of methoxy groups -OCH3 is 1. The smallest absolute Gasteiger partial charge is 0.122 e. The molecule has 0 aliphatic heterocycles. The molecule has 2 heteroatoms. The Morgan fingerprint density at radius 3 is 2.33 bits per heavy atom. The lowest BCUT2D eigenvalue weighted by Gasteiger charge is -2.15. The van der Waals surface area contributed by atoms with Crippen LogP contribution in [0.5, 0.6) is 5.75 Å². The second-order valence-corrected chi connectivity index (χ2v) is 3.79. The van der Waals surface area contributed by atoms with Gasteiger partial charge < -0.3 is 9.84 Å². The average molecular weight is 208 g/mol. The highest BCUT2D eigenvalue weighted by Gasteiger charge is 2.12. The van der Waals surface area contributed by atoms with Gasteiger partial charge in [-0.15, -0.1) is 0 Å². The number of aromatic hydroxyl groups is 1. The molecule has 0 atom stereocenters. The van der Waals surface area contributed by atoms with E-state index in [0.717, 1.165) is 29.5 Å². The maximum atomic E-state index is 10.1. The number of hydrogen-bond acceptors (Lipinski definition) is 2. The van der Waals surface area contributed by atoms with Crippen molar-refractivity contribution >= 4 is 0 Å². The number of ether oxygens (including phenoxy) is 1. The minimum absolute atomic E-state index is 0.448. The summed E-state index contributed by atoms with van der Waals surface area (Å²) < 4.78 is 5.13. The van der Waals surface area contributed by atoms with E-state index in [2.05, 4.69) is 19.9 Å². The fraction of sp³-hybridized carbons (Fsp3) is 0.538. The molecular weight excluding hydrogens is 188 g/mol.